The molecule has 0 amide bonds. The summed E-state index contributed by atoms with van der Waals surface area (Å²) in [6.45, 7) is 4.79. The van der Waals surface area contributed by atoms with Gasteiger partial charge in [0.25, 0.3) is 0 Å². The van der Waals surface area contributed by atoms with E-state index >= 15 is 0 Å². The van der Waals surface area contributed by atoms with Crippen molar-refractivity contribution in [2.75, 3.05) is 4.90 Å². The van der Waals surface area contributed by atoms with Gasteiger partial charge >= 0.3 is 0 Å². The molecule has 4 nitrogen and oxygen atoms in total. The van der Waals surface area contributed by atoms with E-state index in [0.29, 0.717) is 0 Å². The van der Waals surface area contributed by atoms with Crippen LogP contribution in [0.1, 0.15) is 25.0 Å². The summed E-state index contributed by atoms with van der Waals surface area (Å²) in [5, 5.41) is 7.21. The Morgan fingerprint density at radius 1 is 0.328 bits per heavy atom. The molecule has 14 rings (SSSR count). The lowest BCUT2D eigenvalue weighted by Gasteiger charge is -2.42. The smallest absolute Gasteiger partial charge is 0.159 e. The highest BCUT2D eigenvalue weighted by Gasteiger charge is 2.38. The van der Waals surface area contributed by atoms with Gasteiger partial charge in [-0.05, 0) is 130 Å². The van der Waals surface area contributed by atoms with Crippen molar-refractivity contribution in [3.63, 3.8) is 0 Å². The average Bonchev–Trinajstić information content (AvgIpc) is 4.05. The average molecular weight is 858 g/mol. The number of nitrogens with zero attached hydrogens (tertiary/aromatic N) is 3. The van der Waals surface area contributed by atoms with E-state index in [1.165, 1.54) is 77.0 Å². The monoisotopic (exact) mass is 857 g/mol. The number of hydrogen-bond acceptors (Lipinski definition) is 2. The lowest BCUT2D eigenvalue weighted by molar-refractivity contribution is 0.631. The van der Waals surface area contributed by atoms with Gasteiger partial charge in [0.15, 0.2) is 5.58 Å². The van der Waals surface area contributed by atoms with Crippen molar-refractivity contribution in [1.82, 2.24) is 9.13 Å². The van der Waals surface area contributed by atoms with Crippen LogP contribution in [-0.2, 0) is 5.41 Å². The SMILES string of the molecule is CC1(C)c2cc(-c3ccc4c(c3)c3ccccc3n4-c3ccccc3)ccc2N(c2cccc3c2oc2ccccc23)c2ccc(-c3ccc4c(c3)c3ccccc3n4-c3ccccc3)cc21. The molecule has 3 aromatic heterocycles. The molecule has 316 valence electrons. The van der Waals surface area contributed by atoms with E-state index in [4.69, 9.17) is 4.42 Å². The Balaban J connectivity index is 0.965. The minimum atomic E-state index is -0.365. The molecule has 0 unspecified atom stereocenters. The zero-order valence-corrected chi connectivity index (χ0v) is 37.1. The van der Waals surface area contributed by atoms with Crippen LogP contribution in [0.25, 0.3) is 99.2 Å². The summed E-state index contributed by atoms with van der Waals surface area (Å²) in [5.74, 6) is 0. The number of furan rings is 1. The predicted molar refractivity (Wildman–Crippen MR) is 280 cm³/mol. The predicted octanol–water partition coefficient (Wildman–Crippen LogP) is 17.2. The van der Waals surface area contributed by atoms with Gasteiger partial charge in [-0.25, -0.2) is 0 Å². The zero-order valence-electron chi connectivity index (χ0n) is 37.1. The van der Waals surface area contributed by atoms with Crippen molar-refractivity contribution in [1.29, 1.82) is 0 Å². The maximum absolute atomic E-state index is 6.78. The minimum absolute atomic E-state index is 0.365. The standard InChI is InChI=1S/C63H43N3O/c1-63(2)52-38-42(40-28-32-56-50(36-40)46-20-9-12-24-54(46)64(56)44-16-5-3-6-17-44)30-34-58(52)66(60-26-15-23-49-48-22-11-14-27-61(48)67-62(49)60)59-35-31-43(39-53(59)63)41-29-33-57-51(37-41)47-21-10-13-25-55(47)65(57)45-18-7-4-8-19-45/h3-39H,1-2H3. The summed E-state index contributed by atoms with van der Waals surface area (Å²) >= 11 is 0. The number of hydrogen-bond donors (Lipinski definition) is 0. The quantitative estimate of drug-likeness (QED) is 0.172. The third kappa shape index (κ3) is 5.54. The van der Waals surface area contributed by atoms with Crippen molar-refractivity contribution in [3.8, 4) is 33.6 Å². The highest BCUT2D eigenvalue weighted by molar-refractivity contribution is 6.13. The molecule has 0 atom stereocenters. The molecule has 4 heterocycles. The van der Waals surface area contributed by atoms with E-state index in [2.05, 4.69) is 252 Å². The second-order valence-electron chi connectivity index (χ2n) is 18.5. The summed E-state index contributed by atoms with van der Waals surface area (Å²) in [4.78, 5) is 2.45. The second-order valence-corrected chi connectivity index (χ2v) is 18.5. The van der Waals surface area contributed by atoms with Crippen LogP contribution >= 0.6 is 0 Å². The van der Waals surface area contributed by atoms with Gasteiger partial charge in [-0.3, -0.25) is 0 Å². The lowest BCUT2D eigenvalue weighted by Crippen LogP contribution is -2.30. The Morgan fingerprint density at radius 3 is 1.31 bits per heavy atom. The lowest BCUT2D eigenvalue weighted by atomic mass is 9.72. The second kappa shape index (κ2) is 14.2. The normalized spacial score (nSPS) is 13.3. The van der Waals surface area contributed by atoms with Crippen molar-refractivity contribution < 1.29 is 4.42 Å². The molecule has 1 aliphatic rings. The third-order valence-corrected chi connectivity index (χ3v) is 14.5. The highest BCUT2D eigenvalue weighted by Crippen LogP contribution is 2.55. The number of fused-ring (bicyclic) bond motifs is 11. The largest absolute Gasteiger partial charge is 0.454 e. The van der Waals surface area contributed by atoms with Crippen LogP contribution in [0, 0.1) is 0 Å². The third-order valence-electron chi connectivity index (χ3n) is 14.5. The number of para-hydroxylation sites is 6. The van der Waals surface area contributed by atoms with Gasteiger partial charge in [0.2, 0.25) is 0 Å². The van der Waals surface area contributed by atoms with Crippen LogP contribution < -0.4 is 4.90 Å². The van der Waals surface area contributed by atoms with E-state index in [9.17, 15) is 0 Å². The summed E-state index contributed by atoms with van der Waals surface area (Å²) in [6.07, 6.45) is 0. The molecule has 1 aliphatic heterocycles. The van der Waals surface area contributed by atoms with Crippen LogP contribution in [0.15, 0.2) is 229 Å². The molecule has 0 fully saturated rings. The molecule has 0 aliphatic carbocycles. The van der Waals surface area contributed by atoms with Gasteiger partial charge in [-0.2, -0.15) is 0 Å². The molecular formula is C63H43N3O. The van der Waals surface area contributed by atoms with Gasteiger partial charge < -0.3 is 18.5 Å². The van der Waals surface area contributed by atoms with Crippen molar-refractivity contribution in [2.24, 2.45) is 0 Å². The molecule has 67 heavy (non-hydrogen) atoms. The molecule has 0 radical (unpaired) electrons. The van der Waals surface area contributed by atoms with E-state index in [1.54, 1.807) is 0 Å². The zero-order chi connectivity index (χ0) is 44.4. The van der Waals surface area contributed by atoms with Gasteiger partial charge in [0.05, 0.1) is 39.1 Å². The Bertz CT molecular complexity index is 3920. The molecule has 0 bridgehead atoms. The fourth-order valence-electron chi connectivity index (χ4n) is 11.3. The molecule has 0 N–H and O–H groups in total. The molecule has 0 saturated carbocycles. The first kappa shape index (κ1) is 37.7. The Morgan fingerprint density at radius 2 is 0.761 bits per heavy atom. The Kier molecular flexibility index (Phi) is 8.00. The fraction of sp³-hybridized carbons (Fsp3) is 0.0476. The van der Waals surface area contributed by atoms with Gasteiger partial charge in [0, 0.05) is 49.1 Å². The molecule has 10 aromatic carbocycles. The van der Waals surface area contributed by atoms with Crippen molar-refractivity contribution >= 4 is 82.6 Å². The van der Waals surface area contributed by atoms with Crippen LogP contribution in [0.2, 0.25) is 0 Å². The topological polar surface area (TPSA) is 26.2 Å². The maximum Gasteiger partial charge on any atom is 0.159 e. The van der Waals surface area contributed by atoms with Gasteiger partial charge in [-0.15, -0.1) is 0 Å². The Hall–Kier alpha value is -8.60. The minimum Gasteiger partial charge on any atom is -0.454 e. The highest BCUT2D eigenvalue weighted by atomic mass is 16.3. The Labute approximate surface area is 387 Å². The molecule has 4 heteroatoms. The first-order chi connectivity index (χ1) is 33.0. The van der Waals surface area contributed by atoms with E-state index in [0.717, 1.165) is 50.4 Å². The molecule has 0 spiro atoms. The number of benzene rings is 10. The maximum atomic E-state index is 6.78. The summed E-state index contributed by atoms with van der Waals surface area (Å²) in [6, 6.07) is 82.0. The fourth-order valence-corrected chi connectivity index (χ4v) is 11.3. The van der Waals surface area contributed by atoms with Crippen molar-refractivity contribution in [3.05, 3.63) is 236 Å². The first-order valence-electron chi connectivity index (χ1n) is 23.2. The number of anilines is 3. The van der Waals surface area contributed by atoms with Crippen LogP contribution in [0.5, 0.6) is 0 Å². The van der Waals surface area contributed by atoms with Crippen LogP contribution in [0.3, 0.4) is 0 Å². The summed E-state index contributed by atoms with van der Waals surface area (Å²) in [5.41, 5.74) is 19.1. The van der Waals surface area contributed by atoms with E-state index < -0.39 is 0 Å². The molecule has 0 saturated heterocycles. The van der Waals surface area contributed by atoms with Crippen LogP contribution in [-0.4, -0.2) is 9.13 Å². The van der Waals surface area contributed by atoms with Gasteiger partial charge in [-0.1, -0.05) is 141 Å². The number of rotatable bonds is 5. The first-order valence-corrected chi connectivity index (χ1v) is 23.2. The summed E-state index contributed by atoms with van der Waals surface area (Å²) < 4.78 is 11.5. The molecule has 13 aromatic rings. The molecular weight excluding hydrogens is 815 g/mol. The van der Waals surface area contributed by atoms with E-state index in [1.807, 2.05) is 0 Å². The van der Waals surface area contributed by atoms with E-state index in [-0.39, 0.29) is 5.41 Å². The summed E-state index contributed by atoms with van der Waals surface area (Å²) in [7, 11) is 0. The van der Waals surface area contributed by atoms with Crippen molar-refractivity contribution in [2.45, 2.75) is 19.3 Å². The number of aromatic nitrogens is 2. The van der Waals surface area contributed by atoms with Crippen LogP contribution in [0.4, 0.5) is 17.1 Å². The van der Waals surface area contributed by atoms with Gasteiger partial charge in [0.1, 0.15) is 5.58 Å².